The zero-order valence-corrected chi connectivity index (χ0v) is 11.4. The molecular weight excluding hydrogens is 230 g/mol. The topological polar surface area (TPSA) is 61.5 Å². The first kappa shape index (κ1) is 14.7. The number of hydrogen-bond acceptors (Lipinski definition) is 4. The summed E-state index contributed by atoms with van der Waals surface area (Å²) in [7, 11) is 0. The van der Waals surface area contributed by atoms with Crippen LogP contribution < -0.4 is 5.73 Å². The highest BCUT2D eigenvalue weighted by molar-refractivity contribution is 5.78. The van der Waals surface area contributed by atoms with Gasteiger partial charge in [-0.25, -0.2) is 4.79 Å². The fraction of sp³-hybridized carbons (Fsp3) is 0.500. The molecule has 0 bridgehead atoms. The van der Waals surface area contributed by atoms with E-state index >= 15 is 0 Å². The van der Waals surface area contributed by atoms with Crippen LogP contribution in [0, 0.1) is 0 Å². The van der Waals surface area contributed by atoms with E-state index < -0.39 is 17.3 Å². The van der Waals surface area contributed by atoms with E-state index in [9.17, 15) is 4.79 Å². The van der Waals surface area contributed by atoms with E-state index in [2.05, 4.69) is 0 Å². The molecule has 0 aliphatic rings. The Kier molecular flexibility index (Phi) is 4.48. The number of carbonyl (C=O) groups is 1. The van der Waals surface area contributed by atoms with Crippen LogP contribution in [0.5, 0.6) is 0 Å². The first-order chi connectivity index (χ1) is 8.21. The number of carbonyl (C=O) groups excluding carboxylic acids is 1. The number of rotatable bonds is 4. The van der Waals surface area contributed by atoms with Crippen molar-refractivity contribution in [2.75, 3.05) is 0 Å². The summed E-state index contributed by atoms with van der Waals surface area (Å²) in [4.78, 5) is 11.8. The normalized spacial score (nSPS) is 14.9. The van der Waals surface area contributed by atoms with Gasteiger partial charge in [-0.2, -0.15) is 0 Å². The largest absolute Gasteiger partial charge is 0.457 e. The smallest absolute Gasteiger partial charge is 0.353 e. The third kappa shape index (κ3) is 4.85. The Bertz CT molecular complexity index is 393. The number of nitrogens with two attached hydrogens (primary N) is 1. The fourth-order valence-corrected chi connectivity index (χ4v) is 1.25. The molecule has 1 unspecified atom stereocenters. The first-order valence-electron chi connectivity index (χ1n) is 5.91. The monoisotopic (exact) mass is 251 g/mol. The molecule has 0 aliphatic heterocycles. The van der Waals surface area contributed by atoms with Crippen molar-refractivity contribution in [3.05, 3.63) is 35.9 Å². The van der Waals surface area contributed by atoms with Crippen LogP contribution in [0.2, 0.25) is 0 Å². The zero-order valence-electron chi connectivity index (χ0n) is 11.4. The van der Waals surface area contributed by atoms with Gasteiger partial charge in [0.05, 0.1) is 6.61 Å². The van der Waals surface area contributed by atoms with Crippen molar-refractivity contribution in [2.24, 2.45) is 5.73 Å². The predicted molar refractivity (Wildman–Crippen MR) is 69.7 cm³/mol. The van der Waals surface area contributed by atoms with Crippen molar-refractivity contribution < 1.29 is 14.3 Å². The Morgan fingerprint density at radius 2 is 1.72 bits per heavy atom. The molecule has 0 aromatic heterocycles. The molecule has 2 N–H and O–H groups in total. The lowest BCUT2D eigenvalue weighted by Crippen LogP contribution is -2.50. The molecule has 1 atom stereocenters. The van der Waals surface area contributed by atoms with Gasteiger partial charge in [0.15, 0.2) is 0 Å². The highest BCUT2D eigenvalue weighted by Crippen LogP contribution is 2.15. The second-order valence-corrected chi connectivity index (χ2v) is 5.38. The van der Waals surface area contributed by atoms with Gasteiger partial charge in [0.1, 0.15) is 5.60 Å². The van der Waals surface area contributed by atoms with E-state index in [0.29, 0.717) is 0 Å². The molecule has 0 fully saturated rings. The summed E-state index contributed by atoms with van der Waals surface area (Å²) in [5, 5.41) is 0. The molecule has 18 heavy (non-hydrogen) atoms. The molecule has 0 spiro atoms. The van der Waals surface area contributed by atoms with Crippen LogP contribution in [-0.4, -0.2) is 17.3 Å². The molecule has 4 heteroatoms. The van der Waals surface area contributed by atoms with Crippen molar-refractivity contribution in [1.29, 1.82) is 0 Å². The SMILES string of the molecule is CC(C)(C)OC(=O)C(C)(N)OCc1ccccc1. The maximum Gasteiger partial charge on any atom is 0.353 e. The average Bonchev–Trinajstić information content (AvgIpc) is 2.26. The van der Waals surface area contributed by atoms with Gasteiger partial charge in [-0.3, -0.25) is 5.73 Å². The summed E-state index contributed by atoms with van der Waals surface area (Å²) < 4.78 is 10.6. The molecule has 0 heterocycles. The Hall–Kier alpha value is -1.39. The molecule has 1 rings (SSSR count). The summed E-state index contributed by atoms with van der Waals surface area (Å²) in [6.07, 6.45) is 0. The van der Waals surface area contributed by atoms with Crippen molar-refractivity contribution >= 4 is 5.97 Å². The zero-order chi connectivity index (χ0) is 13.8. The fourth-order valence-electron chi connectivity index (χ4n) is 1.25. The number of esters is 1. The van der Waals surface area contributed by atoms with Crippen LogP contribution in [-0.2, 0) is 20.9 Å². The quantitative estimate of drug-likeness (QED) is 0.658. The lowest BCUT2D eigenvalue weighted by molar-refractivity contribution is -0.182. The molecule has 4 nitrogen and oxygen atoms in total. The van der Waals surface area contributed by atoms with Crippen LogP contribution in [0.1, 0.15) is 33.3 Å². The second kappa shape index (κ2) is 5.50. The van der Waals surface area contributed by atoms with Gasteiger partial charge >= 0.3 is 5.97 Å². The third-order valence-corrected chi connectivity index (χ3v) is 2.19. The van der Waals surface area contributed by atoms with Gasteiger partial charge in [0.2, 0.25) is 5.72 Å². The van der Waals surface area contributed by atoms with Gasteiger partial charge in [0, 0.05) is 0 Å². The lowest BCUT2D eigenvalue weighted by atomic mass is 10.2. The molecule has 1 aromatic carbocycles. The molecule has 0 saturated carbocycles. The summed E-state index contributed by atoms with van der Waals surface area (Å²) in [6.45, 7) is 7.14. The van der Waals surface area contributed by atoms with Crippen molar-refractivity contribution in [3.8, 4) is 0 Å². The standard InChI is InChI=1S/C14H21NO3/c1-13(2,3)18-12(16)14(4,15)17-10-11-8-6-5-7-9-11/h5-9H,10,15H2,1-4H3. The van der Waals surface area contributed by atoms with E-state index in [0.717, 1.165) is 5.56 Å². The lowest BCUT2D eigenvalue weighted by Gasteiger charge is -2.28. The summed E-state index contributed by atoms with van der Waals surface area (Å²) in [5.74, 6) is -0.564. The molecule has 100 valence electrons. The third-order valence-electron chi connectivity index (χ3n) is 2.19. The van der Waals surface area contributed by atoms with Crippen LogP contribution >= 0.6 is 0 Å². The number of benzene rings is 1. The molecule has 0 radical (unpaired) electrons. The Morgan fingerprint density at radius 3 is 2.22 bits per heavy atom. The van der Waals surface area contributed by atoms with Gasteiger partial charge < -0.3 is 9.47 Å². The minimum Gasteiger partial charge on any atom is -0.457 e. The van der Waals surface area contributed by atoms with Crippen LogP contribution in [0.25, 0.3) is 0 Å². The molecular formula is C14H21NO3. The maximum atomic E-state index is 11.8. The molecule has 1 aromatic rings. The van der Waals surface area contributed by atoms with Crippen LogP contribution in [0.3, 0.4) is 0 Å². The van der Waals surface area contributed by atoms with Gasteiger partial charge in [-0.05, 0) is 33.3 Å². The highest BCUT2D eigenvalue weighted by atomic mass is 16.6. The molecule has 0 saturated heterocycles. The first-order valence-corrected chi connectivity index (χ1v) is 5.91. The second-order valence-electron chi connectivity index (χ2n) is 5.38. The Morgan fingerprint density at radius 1 is 1.17 bits per heavy atom. The summed E-state index contributed by atoms with van der Waals surface area (Å²) in [6, 6.07) is 9.54. The van der Waals surface area contributed by atoms with Gasteiger partial charge in [-0.15, -0.1) is 0 Å². The van der Waals surface area contributed by atoms with Gasteiger partial charge in [-0.1, -0.05) is 30.3 Å². The summed E-state index contributed by atoms with van der Waals surface area (Å²) >= 11 is 0. The van der Waals surface area contributed by atoms with Gasteiger partial charge in [0.25, 0.3) is 0 Å². The van der Waals surface area contributed by atoms with Crippen molar-refractivity contribution in [2.45, 2.75) is 45.6 Å². The van der Waals surface area contributed by atoms with E-state index in [4.69, 9.17) is 15.2 Å². The van der Waals surface area contributed by atoms with E-state index in [1.165, 1.54) is 6.92 Å². The van der Waals surface area contributed by atoms with Crippen LogP contribution in [0.15, 0.2) is 30.3 Å². The Labute approximate surface area is 108 Å². The predicted octanol–water partition coefficient (Wildman–Crippen LogP) is 2.22. The minimum absolute atomic E-state index is 0.271. The Balaban J connectivity index is 2.57. The van der Waals surface area contributed by atoms with Crippen molar-refractivity contribution in [3.63, 3.8) is 0 Å². The van der Waals surface area contributed by atoms with Crippen molar-refractivity contribution in [1.82, 2.24) is 0 Å². The maximum absolute atomic E-state index is 11.8. The minimum atomic E-state index is -1.44. The van der Waals surface area contributed by atoms with E-state index in [1.54, 1.807) is 20.8 Å². The highest BCUT2D eigenvalue weighted by Gasteiger charge is 2.34. The van der Waals surface area contributed by atoms with E-state index in [-0.39, 0.29) is 6.61 Å². The average molecular weight is 251 g/mol. The number of ether oxygens (including phenoxy) is 2. The van der Waals surface area contributed by atoms with E-state index in [1.807, 2.05) is 30.3 Å². The van der Waals surface area contributed by atoms with Crippen LogP contribution in [0.4, 0.5) is 0 Å². The molecule has 0 amide bonds. The summed E-state index contributed by atoms with van der Waals surface area (Å²) in [5.41, 5.74) is 4.76. The number of hydrogen-bond donors (Lipinski definition) is 1. The molecule has 0 aliphatic carbocycles.